The fourth-order valence-electron chi connectivity index (χ4n) is 2.63. The molecule has 2 rings (SSSR count). The number of aliphatic hydroxyl groups is 1. The molecule has 5 heteroatoms. The van der Waals surface area contributed by atoms with Gasteiger partial charge in [0.25, 0.3) is 5.91 Å². The highest BCUT2D eigenvalue weighted by Crippen LogP contribution is 2.26. The summed E-state index contributed by atoms with van der Waals surface area (Å²) in [7, 11) is 0. The summed E-state index contributed by atoms with van der Waals surface area (Å²) in [5, 5.41) is 13.2. The zero-order valence-electron chi connectivity index (χ0n) is 11.7. The van der Waals surface area contributed by atoms with E-state index in [4.69, 9.17) is 4.42 Å². The minimum Gasteiger partial charge on any atom is -0.436 e. The molecule has 0 spiro atoms. The zero-order chi connectivity index (χ0) is 13.9. The fraction of sp³-hybridized carbons (Fsp3) is 0.714. The van der Waals surface area contributed by atoms with E-state index in [2.05, 4.69) is 10.3 Å². The first kappa shape index (κ1) is 14.1. The van der Waals surface area contributed by atoms with Gasteiger partial charge in [0.1, 0.15) is 0 Å². The second-order valence-electron chi connectivity index (χ2n) is 5.47. The molecular formula is C14H22N2O3. The number of carbonyl (C=O) groups excluding carboxylic acids is 1. The monoisotopic (exact) mass is 266 g/mol. The molecule has 106 valence electrons. The Hall–Kier alpha value is -1.36. The van der Waals surface area contributed by atoms with Crippen molar-refractivity contribution in [3.63, 3.8) is 0 Å². The SMILES string of the molecule is Cc1nc(C)c(C(=O)NCC2(O)CCCCCC2)o1. The van der Waals surface area contributed by atoms with Gasteiger partial charge >= 0.3 is 0 Å². The van der Waals surface area contributed by atoms with Crippen LogP contribution in [-0.4, -0.2) is 28.1 Å². The number of carbonyl (C=O) groups is 1. The summed E-state index contributed by atoms with van der Waals surface area (Å²) < 4.78 is 5.27. The quantitative estimate of drug-likeness (QED) is 0.822. The number of hydrogen-bond acceptors (Lipinski definition) is 4. The molecule has 1 amide bonds. The van der Waals surface area contributed by atoms with Crippen LogP contribution in [-0.2, 0) is 0 Å². The van der Waals surface area contributed by atoms with E-state index in [-0.39, 0.29) is 18.2 Å². The largest absolute Gasteiger partial charge is 0.436 e. The molecule has 0 aromatic carbocycles. The van der Waals surface area contributed by atoms with Gasteiger partial charge in [-0.05, 0) is 19.8 Å². The van der Waals surface area contributed by atoms with Crippen LogP contribution in [0.5, 0.6) is 0 Å². The summed E-state index contributed by atoms with van der Waals surface area (Å²) in [6.45, 7) is 3.74. The highest BCUT2D eigenvalue weighted by Gasteiger charge is 2.29. The van der Waals surface area contributed by atoms with E-state index in [1.807, 2.05) is 0 Å². The highest BCUT2D eigenvalue weighted by atomic mass is 16.4. The Kier molecular flexibility index (Phi) is 4.24. The van der Waals surface area contributed by atoms with E-state index in [1.165, 1.54) is 0 Å². The average molecular weight is 266 g/mol. The highest BCUT2D eigenvalue weighted by molar-refractivity contribution is 5.92. The van der Waals surface area contributed by atoms with E-state index in [9.17, 15) is 9.90 Å². The lowest BCUT2D eigenvalue weighted by molar-refractivity contribution is 0.0243. The van der Waals surface area contributed by atoms with Crippen LogP contribution in [0.25, 0.3) is 0 Å². The summed E-state index contributed by atoms with van der Waals surface area (Å²) >= 11 is 0. The maximum atomic E-state index is 12.0. The van der Waals surface area contributed by atoms with Crippen molar-refractivity contribution in [1.29, 1.82) is 0 Å². The first-order chi connectivity index (χ1) is 9.00. The maximum absolute atomic E-state index is 12.0. The van der Waals surface area contributed by atoms with Gasteiger partial charge in [0.15, 0.2) is 5.89 Å². The predicted octanol–water partition coefficient (Wildman–Crippen LogP) is 2.11. The second-order valence-corrected chi connectivity index (χ2v) is 5.47. The molecule has 0 atom stereocenters. The number of aryl methyl sites for hydroxylation is 2. The van der Waals surface area contributed by atoms with E-state index >= 15 is 0 Å². The van der Waals surface area contributed by atoms with Crippen molar-refractivity contribution in [3.05, 3.63) is 17.3 Å². The van der Waals surface area contributed by atoms with Crippen LogP contribution in [0, 0.1) is 13.8 Å². The van der Waals surface area contributed by atoms with Crippen molar-refractivity contribution in [2.45, 2.75) is 58.0 Å². The number of oxazole rings is 1. The molecule has 5 nitrogen and oxygen atoms in total. The van der Waals surface area contributed by atoms with Gasteiger partial charge in [0.2, 0.25) is 5.76 Å². The number of amides is 1. The number of nitrogens with one attached hydrogen (secondary N) is 1. The molecule has 0 bridgehead atoms. The zero-order valence-corrected chi connectivity index (χ0v) is 11.7. The maximum Gasteiger partial charge on any atom is 0.289 e. The van der Waals surface area contributed by atoms with Crippen LogP contribution in [0.4, 0.5) is 0 Å². The molecule has 1 saturated carbocycles. The molecule has 1 fully saturated rings. The molecule has 1 aromatic rings. The first-order valence-corrected chi connectivity index (χ1v) is 6.95. The Balaban J connectivity index is 1.94. The molecular weight excluding hydrogens is 244 g/mol. The van der Waals surface area contributed by atoms with Crippen LogP contribution in [0.2, 0.25) is 0 Å². The summed E-state index contributed by atoms with van der Waals surface area (Å²) in [6.07, 6.45) is 5.87. The molecule has 0 radical (unpaired) electrons. The van der Waals surface area contributed by atoms with Crippen molar-refractivity contribution >= 4 is 5.91 Å². The Labute approximate surface area is 113 Å². The summed E-state index contributed by atoms with van der Waals surface area (Å²) in [6, 6.07) is 0. The average Bonchev–Trinajstić information content (AvgIpc) is 2.58. The van der Waals surface area contributed by atoms with E-state index in [1.54, 1.807) is 13.8 Å². The predicted molar refractivity (Wildman–Crippen MR) is 71.0 cm³/mol. The minimum atomic E-state index is -0.769. The van der Waals surface area contributed by atoms with Crippen LogP contribution in [0.1, 0.15) is 60.7 Å². The standard InChI is InChI=1S/C14H22N2O3/c1-10-12(19-11(2)16-10)13(17)15-9-14(18)7-5-3-4-6-8-14/h18H,3-9H2,1-2H3,(H,15,17). The number of hydrogen-bond donors (Lipinski definition) is 2. The summed E-state index contributed by atoms with van der Waals surface area (Å²) in [5.41, 5.74) is -0.183. The molecule has 1 aliphatic carbocycles. The van der Waals surface area contributed by atoms with E-state index in [0.717, 1.165) is 38.5 Å². The first-order valence-electron chi connectivity index (χ1n) is 6.95. The van der Waals surface area contributed by atoms with Gasteiger partial charge in [-0.1, -0.05) is 25.7 Å². The number of aromatic nitrogens is 1. The molecule has 0 saturated heterocycles. The summed E-state index contributed by atoms with van der Waals surface area (Å²) in [4.78, 5) is 16.1. The Morgan fingerprint density at radius 3 is 2.47 bits per heavy atom. The normalized spacial score (nSPS) is 18.9. The lowest BCUT2D eigenvalue weighted by atomic mass is 9.94. The van der Waals surface area contributed by atoms with E-state index in [0.29, 0.717) is 11.6 Å². The third-order valence-corrected chi connectivity index (χ3v) is 3.72. The molecule has 1 heterocycles. The van der Waals surface area contributed by atoms with E-state index < -0.39 is 5.60 Å². The summed E-state index contributed by atoms with van der Waals surface area (Å²) in [5.74, 6) is 0.432. The van der Waals surface area contributed by atoms with Gasteiger partial charge in [-0.25, -0.2) is 4.98 Å². The van der Waals surface area contributed by atoms with Gasteiger partial charge in [-0.2, -0.15) is 0 Å². The minimum absolute atomic E-state index is 0.245. The van der Waals surface area contributed by atoms with Crippen LogP contribution in [0.15, 0.2) is 4.42 Å². The van der Waals surface area contributed by atoms with Crippen molar-refractivity contribution < 1.29 is 14.3 Å². The third kappa shape index (κ3) is 3.56. The van der Waals surface area contributed by atoms with Gasteiger partial charge in [0.05, 0.1) is 11.3 Å². The molecule has 1 aliphatic rings. The number of nitrogens with zero attached hydrogens (tertiary/aromatic N) is 1. The van der Waals surface area contributed by atoms with Crippen molar-refractivity contribution in [2.75, 3.05) is 6.54 Å². The van der Waals surface area contributed by atoms with Crippen LogP contribution < -0.4 is 5.32 Å². The van der Waals surface area contributed by atoms with Crippen molar-refractivity contribution in [2.24, 2.45) is 0 Å². The Morgan fingerprint density at radius 1 is 1.32 bits per heavy atom. The Morgan fingerprint density at radius 2 is 1.95 bits per heavy atom. The molecule has 19 heavy (non-hydrogen) atoms. The number of rotatable bonds is 3. The van der Waals surface area contributed by atoms with Crippen LogP contribution in [0.3, 0.4) is 0 Å². The smallest absolute Gasteiger partial charge is 0.289 e. The van der Waals surface area contributed by atoms with Gasteiger partial charge < -0.3 is 14.8 Å². The topological polar surface area (TPSA) is 75.4 Å². The van der Waals surface area contributed by atoms with Crippen molar-refractivity contribution in [1.82, 2.24) is 10.3 Å². The molecule has 0 aliphatic heterocycles. The van der Waals surface area contributed by atoms with Crippen molar-refractivity contribution in [3.8, 4) is 0 Å². The second kappa shape index (κ2) is 5.74. The fourth-order valence-corrected chi connectivity index (χ4v) is 2.63. The van der Waals surface area contributed by atoms with Gasteiger partial charge in [0, 0.05) is 13.5 Å². The Bertz CT molecular complexity index is 446. The molecule has 0 unspecified atom stereocenters. The van der Waals surface area contributed by atoms with Gasteiger partial charge in [-0.3, -0.25) is 4.79 Å². The van der Waals surface area contributed by atoms with Crippen LogP contribution >= 0.6 is 0 Å². The molecule has 2 N–H and O–H groups in total. The molecule has 1 aromatic heterocycles. The van der Waals surface area contributed by atoms with Gasteiger partial charge in [-0.15, -0.1) is 0 Å². The lowest BCUT2D eigenvalue weighted by Gasteiger charge is -2.26. The lowest BCUT2D eigenvalue weighted by Crippen LogP contribution is -2.42. The third-order valence-electron chi connectivity index (χ3n) is 3.72.